The molecule has 70 valence electrons. The fourth-order valence-electron chi connectivity index (χ4n) is 1.56. The van der Waals surface area contributed by atoms with Crippen LogP contribution in [0.25, 0.3) is 0 Å². The van der Waals surface area contributed by atoms with Gasteiger partial charge in [0.2, 0.25) is 0 Å². The van der Waals surface area contributed by atoms with Gasteiger partial charge < -0.3 is 5.11 Å². The van der Waals surface area contributed by atoms with Crippen molar-refractivity contribution >= 4 is 0 Å². The van der Waals surface area contributed by atoms with Crippen LogP contribution in [-0.2, 0) is 6.54 Å². The van der Waals surface area contributed by atoms with E-state index in [-0.39, 0.29) is 0 Å². The molecule has 4 nitrogen and oxygen atoms in total. The maximum absolute atomic E-state index is 8.82. The molecule has 4 heteroatoms. The fourth-order valence-corrected chi connectivity index (χ4v) is 1.56. The van der Waals surface area contributed by atoms with E-state index in [2.05, 4.69) is 14.9 Å². The van der Waals surface area contributed by atoms with E-state index < -0.39 is 0 Å². The van der Waals surface area contributed by atoms with Gasteiger partial charge in [-0.05, 0) is 6.07 Å². The molecule has 1 aromatic rings. The minimum atomic E-state index is 0.306. The number of aliphatic hydroxyl groups excluding tert-OH is 1. The molecule has 2 heterocycles. The summed E-state index contributed by atoms with van der Waals surface area (Å²) in [5.41, 5.74) is 1.05. The third kappa shape index (κ3) is 2.02. The second-order valence-electron chi connectivity index (χ2n) is 3.44. The van der Waals surface area contributed by atoms with Gasteiger partial charge in [0.25, 0.3) is 0 Å². The summed E-state index contributed by atoms with van der Waals surface area (Å²) in [7, 11) is 0. The minimum Gasteiger partial charge on any atom is -0.396 e. The monoisotopic (exact) mass is 179 g/mol. The highest BCUT2D eigenvalue weighted by atomic mass is 16.3. The van der Waals surface area contributed by atoms with Crippen molar-refractivity contribution in [2.75, 3.05) is 19.7 Å². The van der Waals surface area contributed by atoms with Gasteiger partial charge in [0.1, 0.15) is 6.33 Å². The Kier molecular flexibility index (Phi) is 2.52. The van der Waals surface area contributed by atoms with Gasteiger partial charge in [-0.15, -0.1) is 0 Å². The molecule has 0 aliphatic carbocycles. The molecular formula is C9H13N3O. The van der Waals surface area contributed by atoms with Crippen molar-refractivity contribution in [2.45, 2.75) is 6.54 Å². The maximum atomic E-state index is 8.82. The minimum absolute atomic E-state index is 0.306. The van der Waals surface area contributed by atoms with Crippen LogP contribution in [0.2, 0.25) is 0 Å². The lowest BCUT2D eigenvalue weighted by Crippen LogP contribution is -2.47. The quantitative estimate of drug-likeness (QED) is 0.704. The molecule has 0 radical (unpaired) electrons. The zero-order chi connectivity index (χ0) is 9.10. The van der Waals surface area contributed by atoms with Crippen LogP contribution in [0, 0.1) is 5.92 Å². The lowest BCUT2D eigenvalue weighted by molar-refractivity contribution is 0.0469. The Labute approximate surface area is 77.2 Å². The second kappa shape index (κ2) is 3.81. The van der Waals surface area contributed by atoms with E-state index in [0.29, 0.717) is 12.5 Å². The van der Waals surface area contributed by atoms with Gasteiger partial charge in [0, 0.05) is 38.4 Å². The van der Waals surface area contributed by atoms with E-state index in [1.807, 2.05) is 6.07 Å². The molecular weight excluding hydrogens is 166 g/mol. The fraction of sp³-hybridized carbons (Fsp3) is 0.556. The van der Waals surface area contributed by atoms with Crippen molar-refractivity contribution in [1.29, 1.82) is 0 Å². The van der Waals surface area contributed by atoms with E-state index in [4.69, 9.17) is 5.11 Å². The molecule has 0 unspecified atom stereocenters. The molecule has 1 aliphatic heterocycles. The first kappa shape index (κ1) is 8.59. The first-order valence-corrected chi connectivity index (χ1v) is 4.46. The van der Waals surface area contributed by atoms with Gasteiger partial charge in [0.15, 0.2) is 0 Å². The van der Waals surface area contributed by atoms with Gasteiger partial charge in [-0.2, -0.15) is 0 Å². The van der Waals surface area contributed by atoms with E-state index in [1.54, 1.807) is 12.5 Å². The molecule has 0 saturated carbocycles. The number of aliphatic hydroxyl groups is 1. The van der Waals surface area contributed by atoms with Crippen molar-refractivity contribution in [3.05, 3.63) is 24.3 Å². The zero-order valence-corrected chi connectivity index (χ0v) is 7.43. The molecule has 2 rings (SSSR count). The molecule has 13 heavy (non-hydrogen) atoms. The Morgan fingerprint density at radius 1 is 1.54 bits per heavy atom. The van der Waals surface area contributed by atoms with Gasteiger partial charge in [-0.25, -0.2) is 9.97 Å². The molecule has 1 fully saturated rings. The van der Waals surface area contributed by atoms with Gasteiger partial charge in [-0.3, -0.25) is 4.90 Å². The number of nitrogens with zero attached hydrogens (tertiary/aromatic N) is 3. The van der Waals surface area contributed by atoms with Gasteiger partial charge >= 0.3 is 0 Å². The summed E-state index contributed by atoms with van der Waals surface area (Å²) in [6.07, 6.45) is 3.32. The molecule has 0 spiro atoms. The Morgan fingerprint density at radius 3 is 3.00 bits per heavy atom. The highest BCUT2D eigenvalue weighted by molar-refractivity contribution is 4.99. The highest BCUT2D eigenvalue weighted by Crippen LogP contribution is 2.16. The molecule has 0 amide bonds. The van der Waals surface area contributed by atoms with Crippen LogP contribution >= 0.6 is 0 Å². The Morgan fingerprint density at radius 2 is 2.38 bits per heavy atom. The molecule has 0 bridgehead atoms. The van der Waals surface area contributed by atoms with Crippen molar-refractivity contribution < 1.29 is 5.11 Å². The number of likely N-dealkylation sites (tertiary alicyclic amines) is 1. The SMILES string of the molecule is OCC1CN(Cc2ccncn2)C1. The van der Waals surface area contributed by atoms with Crippen molar-refractivity contribution in [2.24, 2.45) is 5.92 Å². The molecule has 1 aromatic heterocycles. The molecule has 0 atom stereocenters. The lowest BCUT2D eigenvalue weighted by Gasteiger charge is -2.37. The third-order valence-electron chi connectivity index (χ3n) is 2.32. The van der Waals surface area contributed by atoms with E-state index in [1.165, 1.54) is 0 Å². The van der Waals surface area contributed by atoms with E-state index >= 15 is 0 Å². The summed E-state index contributed by atoms with van der Waals surface area (Å²) in [5, 5.41) is 8.82. The Bertz CT molecular complexity index is 259. The smallest absolute Gasteiger partial charge is 0.115 e. The van der Waals surface area contributed by atoms with Crippen molar-refractivity contribution in [1.82, 2.24) is 14.9 Å². The normalized spacial score (nSPS) is 18.5. The number of rotatable bonds is 3. The van der Waals surface area contributed by atoms with Crippen LogP contribution in [0.5, 0.6) is 0 Å². The van der Waals surface area contributed by atoms with Crippen molar-refractivity contribution in [3.8, 4) is 0 Å². The number of aromatic nitrogens is 2. The highest BCUT2D eigenvalue weighted by Gasteiger charge is 2.25. The van der Waals surface area contributed by atoms with Gasteiger partial charge in [0.05, 0.1) is 5.69 Å². The molecule has 1 aliphatic rings. The number of hydrogen-bond acceptors (Lipinski definition) is 4. The summed E-state index contributed by atoms with van der Waals surface area (Å²) in [6, 6.07) is 1.92. The Hall–Kier alpha value is -1.00. The average Bonchev–Trinajstić information content (AvgIpc) is 2.12. The summed E-state index contributed by atoms with van der Waals surface area (Å²) in [6.45, 7) is 3.15. The van der Waals surface area contributed by atoms with Crippen molar-refractivity contribution in [3.63, 3.8) is 0 Å². The van der Waals surface area contributed by atoms with Gasteiger partial charge in [-0.1, -0.05) is 0 Å². The second-order valence-corrected chi connectivity index (χ2v) is 3.44. The van der Waals surface area contributed by atoms with Crippen LogP contribution in [0.3, 0.4) is 0 Å². The first-order valence-electron chi connectivity index (χ1n) is 4.46. The summed E-state index contributed by atoms with van der Waals surface area (Å²) < 4.78 is 0. The van der Waals surface area contributed by atoms with Crippen LogP contribution in [0.15, 0.2) is 18.6 Å². The summed E-state index contributed by atoms with van der Waals surface area (Å²) in [4.78, 5) is 10.3. The van der Waals surface area contributed by atoms with E-state index in [0.717, 1.165) is 25.3 Å². The van der Waals surface area contributed by atoms with Crippen LogP contribution in [-0.4, -0.2) is 39.7 Å². The van der Waals surface area contributed by atoms with E-state index in [9.17, 15) is 0 Å². The summed E-state index contributed by atoms with van der Waals surface area (Å²) >= 11 is 0. The van der Waals surface area contributed by atoms with Crippen LogP contribution in [0.1, 0.15) is 5.69 Å². The predicted octanol–water partition coefficient (Wildman–Crippen LogP) is -0.0993. The lowest BCUT2D eigenvalue weighted by atomic mass is 10.0. The Balaban J connectivity index is 1.81. The predicted molar refractivity (Wildman–Crippen MR) is 47.9 cm³/mol. The number of hydrogen-bond donors (Lipinski definition) is 1. The molecule has 1 N–H and O–H groups in total. The summed E-state index contributed by atoms with van der Waals surface area (Å²) in [5.74, 6) is 0.474. The van der Waals surface area contributed by atoms with Crippen LogP contribution in [0.4, 0.5) is 0 Å². The molecule has 1 saturated heterocycles. The third-order valence-corrected chi connectivity index (χ3v) is 2.32. The first-order chi connectivity index (χ1) is 6.38. The standard InChI is InChI=1S/C9H13N3O/c13-6-8-3-12(4-8)5-9-1-2-10-7-11-9/h1-2,7-8,13H,3-6H2. The van der Waals surface area contributed by atoms with Crippen LogP contribution < -0.4 is 0 Å². The topological polar surface area (TPSA) is 49.2 Å². The maximum Gasteiger partial charge on any atom is 0.115 e. The average molecular weight is 179 g/mol. The largest absolute Gasteiger partial charge is 0.396 e. The molecule has 0 aromatic carbocycles. The zero-order valence-electron chi connectivity index (χ0n) is 7.43.